The second-order valence-corrected chi connectivity index (χ2v) is 26.5. The number of phenolic OH excluding ortho intramolecular Hbond substituents is 1. The fourth-order valence-corrected chi connectivity index (χ4v) is 13.0. The molecule has 4 heterocycles. The number of nitriles is 1. The third kappa shape index (κ3) is 23.2. The van der Waals surface area contributed by atoms with E-state index in [0.29, 0.717) is 44.9 Å². The smallest absolute Gasteiger partial charge is 0.261 e. The molecule has 100 heavy (non-hydrogen) atoms. The van der Waals surface area contributed by atoms with Gasteiger partial charge in [0.05, 0.1) is 55.7 Å². The first-order valence-corrected chi connectivity index (χ1v) is 34.6. The average Bonchev–Trinajstić information content (AvgIpc) is 1.61. The summed E-state index contributed by atoms with van der Waals surface area (Å²) in [6.45, 7) is 17.5. The number of hydrogen-bond donors (Lipinski definition) is 13. The van der Waals surface area contributed by atoms with E-state index in [-0.39, 0.29) is 35.7 Å². The number of β-amino-alcohol motifs (C(OH)–C–C–N with tert-alkyl or cyclic N) is 1. The van der Waals surface area contributed by atoms with Crippen molar-refractivity contribution < 1.29 is 97.6 Å². The largest absolute Gasteiger partial charge is 0.504 e. The van der Waals surface area contributed by atoms with Gasteiger partial charge in [0.1, 0.15) is 42.0 Å². The highest BCUT2D eigenvalue weighted by molar-refractivity contribution is 7.90. The number of hydrogen-bond acceptors (Lipinski definition) is 25. The zero-order valence-electron chi connectivity index (χ0n) is 58.0. The first-order valence-electron chi connectivity index (χ1n) is 34.0. The number of phenols is 1. The number of aliphatic hydroxyl groups excluding tert-OH is 6. The van der Waals surface area contributed by atoms with Crippen molar-refractivity contribution in [3.63, 3.8) is 0 Å². The van der Waals surface area contributed by atoms with Gasteiger partial charge in [0.2, 0.25) is 35.4 Å². The minimum atomic E-state index is -2.15. The Morgan fingerprint density at radius 3 is 1.89 bits per heavy atom. The zero-order valence-corrected chi connectivity index (χ0v) is 58.8. The van der Waals surface area contributed by atoms with Crippen LogP contribution >= 0.6 is 12.3 Å². The van der Waals surface area contributed by atoms with Crippen LogP contribution in [0.4, 0.5) is 11.4 Å². The van der Waals surface area contributed by atoms with Gasteiger partial charge >= 0.3 is 0 Å². The van der Waals surface area contributed by atoms with Gasteiger partial charge in [-0.1, -0.05) is 48.5 Å². The monoisotopic (exact) mass is 1420 g/mol. The fraction of sp³-hybridized carbons (Fsp3) is 0.618. The maximum atomic E-state index is 14.6. The number of aliphatic hydroxyl groups is 6. The van der Waals surface area contributed by atoms with Gasteiger partial charge in [-0.25, -0.2) is 5.26 Å². The molecule has 32 heteroatoms. The van der Waals surface area contributed by atoms with Crippen molar-refractivity contribution in [3.05, 3.63) is 77.9 Å². The highest BCUT2D eigenvalue weighted by Gasteiger charge is 2.50. The van der Waals surface area contributed by atoms with Crippen LogP contribution in [0.15, 0.2) is 66.7 Å². The van der Waals surface area contributed by atoms with E-state index in [4.69, 9.17) is 18.9 Å². The topological polar surface area (TPSA) is 428 Å². The molecule has 7 amide bonds. The number of fused-ring (bicyclic) bond motifs is 2. The van der Waals surface area contributed by atoms with Crippen molar-refractivity contribution in [2.24, 2.45) is 5.92 Å². The number of aromatic hydroxyl groups is 1. The SMILES string of the molecule is CCN(C(C)C)C(C)C.COCCCCCCCOc1ccc(N2CCN(c3ccc(C(=O)N[C@H]4C[C@H](O)CNC(=O)C5[C@@H](O)C(C)CN5C(=O)[C@H]([C@H](O)CC#N)NC(=O)C([C@H](O)Cc5ccc(O)c(OSOOO)c5)NC(=O)C5CC(O)CN5C(=O)C(C(C)O)NC4=O)cc3)CC2)cc1. The molecule has 7 unspecified atom stereocenters. The third-order valence-electron chi connectivity index (χ3n) is 18.1. The minimum absolute atomic E-state index is 0.0707. The van der Waals surface area contributed by atoms with Crippen molar-refractivity contribution in [3.8, 4) is 23.3 Å². The van der Waals surface area contributed by atoms with E-state index in [0.717, 1.165) is 91.2 Å². The standard InChI is InChI=1S/C60H82N10O20S.C8H19N/c1-34-32-70-52(53(34)77)58(82)62-31-40(72)29-43(63-54(78)37-10-12-38(13-11-37)67-21-23-68(24-22-67)39-14-16-42(17-15-39)87-26-8-6-4-5-7-25-86-3)55(79)64-49(35(2)71)59(83)69-33-41(73)30-44(69)56(80)65-50(57(81)66-51(60(70)84)46(75)19-20-61)47(76)27-36-9-18-45(74)48(28-36)88-91-90-89-85;1-6-9(7(2)3)8(4)5/h9-18,28,34-35,40-41,43-44,46-47,49-53,71-77,85H,4-8,19,21-27,29-33H2,1-3H3,(H,62,82)(H,63,78)(H,64,79)(H,65,80)(H,66,81);7-8H,6H2,1-5H3/t34?,35?,40-,41?,43-,44?,46+,47+,49?,50?,51-,52?,53-;/m0./s1. The van der Waals surface area contributed by atoms with Gasteiger partial charge in [-0.2, -0.15) is 5.26 Å². The number of carbonyl (C=O) groups is 7. The van der Waals surface area contributed by atoms with Gasteiger partial charge in [0.15, 0.2) is 11.5 Å². The van der Waals surface area contributed by atoms with Crippen LogP contribution < -0.4 is 45.3 Å². The molecular formula is C68H101N11O20S. The summed E-state index contributed by atoms with van der Waals surface area (Å²) >= 11 is 0.0707. The van der Waals surface area contributed by atoms with Gasteiger partial charge in [0, 0.05) is 114 Å². The maximum absolute atomic E-state index is 14.6. The molecule has 0 aliphatic carbocycles. The van der Waals surface area contributed by atoms with Gasteiger partial charge in [-0.3, -0.25) is 38.5 Å². The second kappa shape index (κ2) is 40.1. The quantitative estimate of drug-likeness (QED) is 0.0231. The number of carbonyl (C=O) groups excluding carboxylic acids is 7. The molecule has 0 bridgehead atoms. The number of anilines is 2. The Balaban J connectivity index is 0.00000163. The summed E-state index contributed by atoms with van der Waals surface area (Å²) in [6, 6.07) is 9.81. The number of ether oxygens (including phenoxy) is 2. The predicted molar refractivity (Wildman–Crippen MR) is 367 cm³/mol. The molecule has 554 valence electrons. The Hall–Kier alpha value is -7.65. The van der Waals surface area contributed by atoms with Gasteiger partial charge in [-0.15, -0.1) is 0 Å². The van der Waals surface area contributed by atoms with Crippen LogP contribution in [-0.2, 0) is 49.3 Å². The Morgan fingerprint density at radius 2 is 1.31 bits per heavy atom. The van der Waals surface area contributed by atoms with Gasteiger partial charge in [-0.05, 0) is 120 Å². The Morgan fingerprint density at radius 1 is 0.720 bits per heavy atom. The Labute approximate surface area is 587 Å². The lowest BCUT2D eigenvalue weighted by molar-refractivity contribution is -0.433. The molecule has 3 aromatic rings. The summed E-state index contributed by atoms with van der Waals surface area (Å²) in [6.07, 6.45) is -7.63. The van der Waals surface area contributed by atoms with Crippen molar-refractivity contribution >= 4 is 65.0 Å². The molecule has 31 nitrogen and oxygen atoms in total. The van der Waals surface area contributed by atoms with E-state index < -0.39 is 165 Å². The molecular weight excluding hydrogens is 1320 g/mol. The lowest BCUT2D eigenvalue weighted by Gasteiger charge is -2.37. The van der Waals surface area contributed by atoms with Crippen molar-refractivity contribution in [1.29, 1.82) is 5.26 Å². The van der Waals surface area contributed by atoms with Crippen molar-refractivity contribution in [2.45, 2.75) is 191 Å². The Bertz CT molecular complexity index is 3150. The molecule has 7 rings (SSSR count). The van der Waals surface area contributed by atoms with Crippen LogP contribution in [0.5, 0.6) is 17.2 Å². The van der Waals surface area contributed by atoms with E-state index in [2.05, 4.69) is 85.3 Å². The molecule has 4 aliphatic heterocycles. The number of methoxy groups -OCH3 is 1. The number of nitrogens with zero attached hydrogens (tertiary/aromatic N) is 6. The second-order valence-electron chi connectivity index (χ2n) is 26.1. The molecule has 0 saturated carbocycles. The summed E-state index contributed by atoms with van der Waals surface area (Å²) in [5.74, 6) is -8.72. The minimum Gasteiger partial charge on any atom is -0.504 e. The predicted octanol–water partition coefficient (Wildman–Crippen LogP) is 1.04. The van der Waals surface area contributed by atoms with Crippen LogP contribution in [0, 0.1) is 17.2 Å². The first kappa shape index (κ1) is 81.3. The van der Waals surface area contributed by atoms with Crippen LogP contribution in [0.25, 0.3) is 0 Å². The molecule has 0 spiro atoms. The number of piperazine rings is 1. The molecule has 13 atom stereocenters. The van der Waals surface area contributed by atoms with Crippen LogP contribution in [0.1, 0.15) is 116 Å². The van der Waals surface area contributed by atoms with Crippen LogP contribution in [-0.4, -0.2) is 255 Å². The van der Waals surface area contributed by atoms with E-state index in [1.54, 1.807) is 25.3 Å². The number of benzene rings is 3. The van der Waals surface area contributed by atoms with E-state index in [1.807, 2.05) is 24.3 Å². The first-order chi connectivity index (χ1) is 47.7. The summed E-state index contributed by atoms with van der Waals surface area (Å²) < 4.78 is 20.4. The summed E-state index contributed by atoms with van der Waals surface area (Å²) in [4.78, 5) is 110. The lowest BCUT2D eigenvalue weighted by atomic mass is 9.98. The molecule has 3 aromatic carbocycles. The summed E-state index contributed by atoms with van der Waals surface area (Å²) in [5.41, 5.74) is 2.05. The Kier molecular flexibility index (Phi) is 32.6. The number of unbranched alkanes of at least 4 members (excludes halogenated alkanes) is 4. The molecule has 0 aromatic heterocycles. The normalized spacial score (nSPS) is 24.5. The highest BCUT2D eigenvalue weighted by atomic mass is 32.2. The van der Waals surface area contributed by atoms with Crippen LogP contribution in [0.3, 0.4) is 0 Å². The third-order valence-corrected chi connectivity index (χ3v) is 18.5. The van der Waals surface area contributed by atoms with E-state index >= 15 is 0 Å². The van der Waals surface area contributed by atoms with E-state index in [9.17, 15) is 74.6 Å². The maximum Gasteiger partial charge on any atom is 0.261 e. The molecule has 13 N–H and O–H groups in total. The number of nitrogens with one attached hydrogen (secondary N) is 5. The summed E-state index contributed by atoms with van der Waals surface area (Å²) in [7, 11) is 1.71. The highest BCUT2D eigenvalue weighted by Crippen LogP contribution is 2.32. The zero-order chi connectivity index (χ0) is 73.3. The molecule has 0 radical (unpaired) electrons. The van der Waals surface area contributed by atoms with Gasteiger partial charge in [0.25, 0.3) is 18.2 Å². The number of rotatable bonds is 26. The molecule has 4 saturated heterocycles. The fourth-order valence-electron chi connectivity index (χ4n) is 12.7. The average molecular weight is 1420 g/mol. The van der Waals surface area contributed by atoms with Crippen molar-refractivity contribution in [2.75, 3.05) is 82.5 Å². The summed E-state index contributed by atoms with van der Waals surface area (Å²) in [5, 5.41) is 112. The molecule has 4 aliphatic rings. The van der Waals surface area contributed by atoms with Crippen molar-refractivity contribution in [1.82, 2.24) is 41.3 Å². The van der Waals surface area contributed by atoms with Crippen LogP contribution in [0.2, 0.25) is 0 Å². The molecule has 4 fully saturated rings. The number of amides is 7. The van der Waals surface area contributed by atoms with Gasteiger partial charge < -0.3 is 95.6 Å². The lowest BCUT2D eigenvalue weighted by Crippen LogP contribution is -2.64. The van der Waals surface area contributed by atoms with E-state index in [1.165, 1.54) is 25.1 Å².